The van der Waals surface area contributed by atoms with E-state index in [1.54, 1.807) is 13.3 Å². The van der Waals surface area contributed by atoms with Gasteiger partial charge in [0, 0.05) is 18.3 Å². The van der Waals surface area contributed by atoms with E-state index in [1.807, 2.05) is 18.2 Å². The first kappa shape index (κ1) is 10.7. The second kappa shape index (κ2) is 6.16. The van der Waals surface area contributed by atoms with Gasteiger partial charge in [-0.2, -0.15) is 0 Å². The lowest BCUT2D eigenvalue weighted by molar-refractivity contribution is 0.390. The molecule has 0 saturated heterocycles. The zero-order valence-electron chi connectivity index (χ0n) is 8.49. The quantitative estimate of drug-likeness (QED) is 0.551. The minimum atomic E-state index is 0.693. The van der Waals surface area contributed by atoms with Crippen molar-refractivity contribution in [3.8, 4) is 5.88 Å². The molecule has 1 heterocycles. The van der Waals surface area contributed by atoms with Crippen molar-refractivity contribution in [1.29, 1.82) is 0 Å². The topological polar surface area (TPSA) is 34.2 Å². The Balaban J connectivity index is 2.44. The molecule has 14 heavy (non-hydrogen) atoms. The molecule has 1 aromatic heterocycles. The monoisotopic (exact) mass is 192 g/mol. The van der Waals surface area contributed by atoms with E-state index in [4.69, 9.17) is 4.74 Å². The average molecular weight is 192 g/mol. The average Bonchev–Trinajstić information content (AvgIpc) is 2.25. The summed E-state index contributed by atoms with van der Waals surface area (Å²) in [6.07, 6.45) is 4.60. The molecular weight excluding hydrogens is 176 g/mol. The second-order valence-electron chi connectivity index (χ2n) is 2.93. The van der Waals surface area contributed by atoms with E-state index in [9.17, 15) is 0 Å². The number of nitrogens with one attached hydrogen (secondary N) is 1. The van der Waals surface area contributed by atoms with Gasteiger partial charge in [-0.05, 0) is 19.0 Å². The van der Waals surface area contributed by atoms with Gasteiger partial charge in [-0.15, -0.1) is 6.58 Å². The fourth-order valence-electron chi connectivity index (χ4n) is 1.17. The molecular formula is C11H16N2O. The summed E-state index contributed by atoms with van der Waals surface area (Å²) in [6, 6.07) is 3.92. The maximum atomic E-state index is 5.13. The molecule has 0 aromatic carbocycles. The SMILES string of the molecule is C=CCCNCc1cccnc1OC. The summed E-state index contributed by atoms with van der Waals surface area (Å²) in [4.78, 5) is 4.11. The van der Waals surface area contributed by atoms with Crippen LogP contribution in [0.5, 0.6) is 5.88 Å². The summed E-state index contributed by atoms with van der Waals surface area (Å²) in [6.45, 7) is 5.38. The van der Waals surface area contributed by atoms with Gasteiger partial charge >= 0.3 is 0 Å². The van der Waals surface area contributed by atoms with Gasteiger partial charge in [0.05, 0.1) is 7.11 Å². The van der Waals surface area contributed by atoms with Crippen LogP contribution in [0.1, 0.15) is 12.0 Å². The molecule has 3 nitrogen and oxygen atoms in total. The number of nitrogens with zero attached hydrogens (tertiary/aromatic N) is 1. The maximum Gasteiger partial charge on any atom is 0.217 e. The molecule has 0 fully saturated rings. The maximum absolute atomic E-state index is 5.13. The Morgan fingerprint density at radius 2 is 2.50 bits per heavy atom. The molecule has 0 saturated carbocycles. The van der Waals surface area contributed by atoms with E-state index < -0.39 is 0 Å². The van der Waals surface area contributed by atoms with Crippen molar-refractivity contribution in [2.24, 2.45) is 0 Å². The molecule has 0 amide bonds. The number of pyridine rings is 1. The molecule has 0 spiro atoms. The van der Waals surface area contributed by atoms with Crippen LogP contribution in [-0.4, -0.2) is 18.6 Å². The Morgan fingerprint density at radius 1 is 1.64 bits per heavy atom. The van der Waals surface area contributed by atoms with Crippen LogP contribution in [-0.2, 0) is 6.54 Å². The van der Waals surface area contributed by atoms with Crippen molar-refractivity contribution in [2.45, 2.75) is 13.0 Å². The standard InChI is InChI=1S/C11H16N2O/c1-3-4-7-12-9-10-6-5-8-13-11(10)14-2/h3,5-6,8,12H,1,4,7,9H2,2H3. The molecule has 0 aliphatic heterocycles. The number of hydrogen-bond acceptors (Lipinski definition) is 3. The molecule has 0 unspecified atom stereocenters. The van der Waals surface area contributed by atoms with E-state index >= 15 is 0 Å². The number of hydrogen-bond donors (Lipinski definition) is 1. The Kier molecular flexibility index (Phi) is 4.72. The molecule has 0 aliphatic carbocycles. The molecule has 1 rings (SSSR count). The van der Waals surface area contributed by atoms with E-state index in [2.05, 4.69) is 16.9 Å². The highest BCUT2D eigenvalue weighted by molar-refractivity contribution is 5.24. The van der Waals surface area contributed by atoms with E-state index in [1.165, 1.54) is 0 Å². The van der Waals surface area contributed by atoms with E-state index in [-0.39, 0.29) is 0 Å². The summed E-state index contributed by atoms with van der Waals surface area (Å²) >= 11 is 0. The summed E-state index contributed by atoms with van der Waals surface area (Å²) in [7, 11) is 1.63. The lowest BCUT2D eigenvalue weighted by Gasteiger charge is -2.07. The van der Waals surface area contributed by atoms with Crippen LogP contribution in [0.15, 0.2) is 31.0 Å². The van der Waals surface area contributed by atoms with Gasteiger partial charge in [0.1, 0.15) is 0 Å². The molecule has 1 N–H and O–H groups in total. The first-order valence-electron chi connectivity index (χ1n) is 4.68. The van der Waals surface area contributed by atoms with E-state index in [0.717, 1.165) is 25.1 Å². The van der Waals surface area contributed by atoms with Gasteiger partial charge in [0.2, 0.25) is 5.88 Å². The van der Waals surface area contributed by atoms with Crippen LogP contribution in [0.3, 0.4) is 0 Å². The van der Waals surface area contributed by atoms with Crippen molar-refractivity contribution in [3.63, 3.8) is 0 Å². The minimum Gasteiger partial charge on any atom is -0.481 e. The largest absolute Gasteiger partial charge is 0.481 e. The zero-order chi connectivity index (χ0) is 10.2. The van der Waals surface area contributed by atoms with Crippen LogP contribution < -0.4 is 10.1 Å². The third kappa shape index (κ3) is 3.18. The summed E-state index contributed by atoms with van der Waals surface area (Å²) in [5, 5.41) is 3.29. The Hall–Kier alpha value is -1.35. The number of ether oxygens (including phenoxy) is 1. The fourth-order valence-corrected chi connectivity index (χ4v) is 1.17. The third-order valence-electron chi connectivity index (χ3n) is 1.88. The summed E-state index contributed by atoms with van der Waals surface area (Å²) in [5.41, 5.74) is 1.08. The van der Waals surface area contributed by atoms with Crippen LogP contribution >= 0.6 is 0 Å². The molecule has 0 radical (unpaired) electrons. The molecule has 0 bridgehead atoms. The van der Waals surface area contributed by atoms with Crippen molar-refractivity contribution in [2.75, 3.05) is 13.7 Å². The predicted molar refractivity (Wildman–Crippen MR) is 57.3 cm³/mol. The Labute approximate surface area is 84.8 Å². The molecule has 0 atom stereocenters. The van der Waals surface area contributed by atoms with Crippen LogP contribution in [0.2, 0.25) is 0 Å². The van der Waals surface area contributed by atoms with Crippen molar-refractivity contribution in [1.82, 2.24) is 10.3 Å². The zero-order valence-corrected chi connectivity index (χ0v) is 8.49. The molecule has 76 valence electrons. The molecule has 1 aromatic rings. The van der Waals surface area contributed by atoms with Gasteiger partial charge in [-0.3, -0.25) is 0 Å². The molecule has 3 heteroatoms. The number of aromatic nitrogens is 1. The van der Waals surface area contributed by atoms with E-state index in [0.29, 0.717) is 5.88 Å². The molecule has 0 aliphatic rings. The normalized spacial score (nSPS) is 9.79. The van der Waals surface area contributed by atoms with Crippen LogP contribution in [0, 0.1) is 0 Å². The van der Waals surface area contributed by atoms with Gasteiger partial charge in [-0.25, -0.2) is 4.98 Å². The highest BCUT2D eigenvalue weighted by Crippen LogP contribution is 2.12. The van der Waals surface area contributed by atoms with Gasteiger partial charge in [0.15, 0.2) is 0 Å². The second-order valence-corrected chi connectivity index (χ2v) is 2.93. The number of methoxy groups -OCH3 is 1. The predicted octanol–water partition coefficient (Wildman–Crippen LogP) is 1.76. The number of rotatable bonds is 6. The Bertz CT molecular complexity index is 286. The first-order valence-corrected chi connectivity index (χ1v) is 4.68. The lowest BCUT2D eigenvalue weighted by atomic mass is 10.2. The van der Waals surface area contributed by atoms with Crippen LogP contribution in [0.4, 0.5) is 0 Å². The minimum absolute atomic E-state index is 0.693. The van der Waals surface area contributed by atoms with Crippen molar-refractivity contribution in [3.05, 3.63) is 36.5 Å². The lowest BCUT2D eigenvalue weighted by Crippen LogP contribution is -2.14. The first-order chi connectivity index (χ1) is 6.88. The third-order valence-corrected chi connectivity index (χ3v) is 1.88. The fraction of sp³-hybridized carbons (Fsp3) is 0.364. The summed E-state index contributed by atoms with van der Waals surface area (Å²) < 4.78 is 5.13. The van der Waals surface area contributed by atoms with Crippen molar-refractivity contribution < 1.29 is 4.74 Å². The summed E-state index contributed by atoms with van der Waals surface area (Å²) in [5.74, 6) is 0.693. The highest BCUT2D eigenvalue weighted by Gasteiger charge is 2.00. The Morgan fingerprint density at radius 3 is 3.21 bits per heavy atom. The van der Waals surface area contributed by atoms with Gasteiger partial charge in [-0.1, -0.05) is 12.1 Å². The van der Waals surface area contributed by atoms with Gasteiger partial charge in [0.25, 0.3) is 0 Å². The highest BCUT2D eigenvalue weighted by atomic mass is 16.5. The van der Waals surface area contributed by atoms with Crippen LogP contribution in [0.25, 0.3) is 0 Å². The van der Waals surface area contributed by atoms with Crippen molar-refractivity contribution >= 4 is 0 Å². The van der Waals surface area contributed by atoms with Gasteiger partial charge < -0.3 is 10.1 Å². The smallest absolute Gasteiger partial charge is 0.217 e.